The van der Waals surface area contributed by atoms with Gasteiger partial charge in [-0.1, -0.05) is 19.1 Å². The van der Waals surface area contributed by atoms with Crippen molar-refractivity contribution in [2.45, 2.75) is 26.2 Å². The van der Waals surface area contributed by atoms with Gasteiger partial charge in [0.25, 0.3) is 5.69 Å². The van der Waals surface area contributed by atoms with Crippen LogP contribution in [0.25, 0.3) is 0 Å². The largest absolute Gasteiger partial charge is 0.468 e. The Bertz CT molecular complexity index is 581. The minimum absolute atomic E-state index is 0.00168. The number of nitro groups is 1. The van der Waals surface area contributed by atoms with Crippen LogP contribution in [0.15, 0.2) is 24.3 Å². The SMILES string of the molecule is COC(=O)[C@H]1C(=O)C(CCc2ccc([N+](=O)[O-])cc2)C[C@@H]1C. The number of benzene rings is 1. The van der Waals surface area contributed by atoms with Crippen molar-refractivity contribution in [3.05, 3.63) is 39.9 Å². The molecule has 0 spiro atoms. The molecule has 0 radical (unpaired) electrons. The van der Waals surface area contributed by atoms with E-state index in [1.54, 1.807) is 12.1 Å². The molecule has 2 rings (SSSR count). The number of nitrogens with zero attached hydrogens (tertiary/aromatic N) is 1. The molecule has 1 aliphatic carbocycles. The molecule has 1 aromatic carbocycles. The minimum Gasteiger partial charge on any atom is -0.468 e. The van der Waals surface area contributed by atoms with Gasteiger partial charge in [0, 0.05) is 18.1 Å². The molecular weight excluding hydrogens is 286 g/mol. The summed E-state index contributed by atoms with van der Waals surface area (Å²) in [4.78, 5) is 34.1. The topological polar surface area (TPSA) is 86.5 Å². The molecule has 1 fully saturated rings. The Kier molecular flexibility index (Phi) is 4.90. The van der Waals surface area contributed by atoms with Crippen LogP contribution in [0.5, 0.6) is 0 Å². The Morgan fingerprint density at radius 3 is 2.55 bits per heavy atom. The lowest BCUT2D eigenvalue weighted by Gasteiger charge is -2.10. The molecule has 0 bridgehead atoms. The summed E-state index contributed by atoms with van der Waals surface area (Å²) in [7, 11) is 1.30. The molecule has 22 heavy (non-hydrogen) atoms. The van der Waals surface area contributed by atoms with Crippen molar-refractivity contribution in [1.82, 2.24) is 0 Å². The number of carbonyl (C=O) groups excluding carboxylic acids is 2. The van der Waals surface area contributed by atoms with Gasteiger partial charge in [-0.3, -0.25) is 19.7 Å². The number of aryl methyl sites for hydroxylation is 1. The maximum Gasteiger partial charge on any atom is 0.316 e. The van der Waals surface area contributed by atoms with Crippen LogP contribution >= 0.6 is 0 Å². The average molecular weight is 305 g/mol. The standard InChI is InChI=1S/C16H19NO5/c1-10-9-12(15(18)14(10)16(19)22-2)6-3-11-4-7-13(8-5-11)17(20)21/h4-5,7-8,10,12,14H,3,6,9H2,1-2H3/t10-,12?,14+/m0/s1. The number of ketones is 1. The van der Waals surface area contributed by atoms with E-state index in [4.69, 9.17) is 4.74 Å². The van der Waals surface area contributed by atoms with Gasteiger partial charge in [0.05, 0.1) is 12.0 Å². The first-order valence-corrected chi connectivity index (χ1v) is 7.29. The second-order valence-electron chi connectivity index (χ2n) is 5.78. The van der Waals surface area contributed by atoms with Crippen molar-refractivity contribution in [3.63, 3.8) is 0 Å². The van der Waals surface area contributed by atoms with Gasteiger partial charge < -0.3 is 4.74 Å². The number of Topliss-reactive ketones (excluding diaryl/α,β-unsaturated/α-hetero) is 1. The fourth-order valence-electron chi connectivity index (χ4n) is 3.10. The van der Waals surface area contributed by atoms with Gasteiger partial charge in [-0.05, 0) is 30.7 Å². The highest BCUT2D eigenvalue weighted by Gasteiger charge is 2.44. The lowest BCUT2D eigenvalue weighted by molar-refractivity contribution is -0.384. The Labute approximate surface area is 128 Å². The number of rotatable bonds is 5. The van der Waals surface area contributed by atoms with Crippen LogP contribution in [0, 0.1) is 27.9 Å². The van der Waals surface area contributed by atoms with E-state index in [2.05, 4.69) is 0 Å². The molecule has 118 valence electrons. The predicted molar refractivity (Wildman–Crippen MR) is 79.2 cm³/mol. The average Bonchev–Trinajstić information content (AvgIpc) is 2.79. The molecule has 1 saturated carbocycles. The number of esters is 1. The number of hydrogen-bond donors (Lipinski definition) is 0. The highest BCUT2D eigenvalue weighted by Crippen LogP contribution is 2.36. The Morgan fingerprint density at radius 1 is 1.36 bits per heavy atom. The fraction of sp³-hybridized carbons (Fsp3) is 0.500. The summed E-state index contributed by atoms with van der Waals surface area (Å²) in [5.41, 5.74) is 1.01. The van der Waals surface area contributed by atoms with Crippen molar-refractivity contribution in [1.29, 1.82) is 0 Å². The van der Waals surface area contributed by atoms with Crippen LogP contribution in [0.1, 0.15) is 25.3 Å². The second kappa shape index (κ2) is 6.68. The van der Waals surface area contributed by atoms with E-state index in [1.807, 2.05) is 6.92 Å². The molecule has 0 heterocycles. The first-order chi connectivity index (χ1) is 10.4. The van der Waals surface area contributed by atoms with E-state index in [9.17, 15) is 19.7 Å². The van der Waals surface area contributed by atoms with Crippen LogP contribution in [-0.2, 0) is 20.7 Å². The van der Waals surface area contributed by atoms with E-state index in [0.717, 1.165) is 5.56 Å². The van der Waals surface area contributed by atoms with Gasteiger partial charge in [0.15, 0.2) is 0 Å². The molecule has 3 atom stereocenters. The summed E-state index contributed by atoms with van der Waals surface area (Å²) >= 11 is 0. The summed E-state index contributed by atoms with van der Waals surface area (Å²) in [5, 5.41) is 10.6. The van der Waals surface area contributed by atoms with Gasteiger partial charge in [0.2, 0.25) is 0 Å². The number of ether oxygens (including phenoxy) is 1. The third-order valence-electron chi connectivity index (χ3n) is 4.32. The van der Waals surface area contributed by atoms with E-state index in [1.165, 1.54) is 19.2 Å². The summed E-state index contributed by atoms with van der Waals surface area (Å²) < 4.78 is 4.70. The van der Waals surface area contributed by atoms with Crippen molar-refractivity contribution in [2.75, 3.05) is 7.11 Å². The van der Waals surface area contributed by atoms with Crippen LogP contribution in [-0.4, -0.2) is 23.8 Å². The maximum atomic E-state index is 12.3. The first kappa shape index (κ1) is 16.1. The zero-order valence-corrected chi connectivity index (χ0v) is 12.7. The molecule has 0 aromatic heterocycles. The van der Waals surface area contributed by atoms with Gasteiger partial charge in [-0.2, -0.15) is 0 Å². The van der Waals surface area contributed by atoms with E-state index >= 15 is 0 Å². The lowest BCUT2D eigenvalue weighted by atomic mass is 9.95. The predicted octanol–water partition coefficient (Wildman–Crippen LogP) is 2.54. The van der Waals surface area contributed by atoms with Crippen molar-refractivity contribution in [2.24, 2.45) is 17.8 Å². The van der Waals surface area contributed by atoms with Crippen molar-refractivity contribution >= 4 is 17.4 Å². The molecule has 0 amide bonds. The van der Waals surface area contributed by atoms with Crippen molar-refractivity contribution < 1.29 is 19.2 Å². The zero-order valence-electron chi connectivity index (χ0n) is 12.7. The van der Waals surface area contributed by atoms with Gasteiger partial charge in [-0.15, -0.1) is 0 Å². The third-order valence-corrected chi connectivity index (χ3v) is 4.32. The Balaban J connectivity index is 1.96. The summed E-state index contributed by atoms with van der Waals surface area (Å²) in [6, 6.07) is 6.34. The fourth-order valence-corrected chi connectivity index (χ4v) is 3.10. The smallest absolute Gasteiger partial charge is 0.316 e. The molecule has 6 heteroatoms. The maximum absolute atomic E-state index is 12.3. The Morgan fingerprint density at radius 2 is 2.00 bits per heavy atom. The van der Waals surface area contributed by atoms with Crippen LogP contribution in [0.3, 0.4) is 0 Å². The molecule has 0 aliphatic heterocycles. The van der Waals surface area contributed by atoms with E-state index < -0.39 is 16.8 Å². The van der Waals surface area contributed by atoms with Crippen LogP contribution < -0.4 is 0 Å². The summed E-state index contributed by atoms with van der Waals surface area (Å²) in [6.07, 6.45) is 2.00. The molecule has 6 nitrogen and oxygen atoms in total. The highest BCUT2D eigenvalue weighted by atomic mass is 16.6. The number of non-ortho nitro benzene ring substituents is 1. The number of hydrogen-bond acceptors (Lipinski definition) is 5. The number of methoxy groups -OCH3 is 1. The molecule has 1 unspecified atom stereocenters. The monoisotopic (exact) mass is 305 g/mol. The first-order valence-electron chi connectivity index (χ1n) is 7.29. The quantitative estimate of drug-likeness (QED) is 0.361. The summed E-state index contributed by atoms with van der Waals surface area (Å²) in [6.45, 7) is 1.89. The van der Waals surface area contributed by atoms with Crippen LogP contribution in [0.2, 0.25) is 0 Å². The van der Waals surface area contributed by atoms with E-state index in [-0.39, 0.29) is 23.3 Å². The molecule has 1 aliphatic rings. The third kappa shape index (κ3) is 3.32. The highest BCUT2D eigenvalue weighted by molar-refractivity contribution is 6.02. The summed E-state index contributed by atoms with van der Waals surface area (Å²) in [5.74, 6) is -1.28. The lowest BCUT2D eigenvalue weighted by Crippen LogP contribution is -2.26. The Hall–Kier alpha value is -2.24. The second-order valence-corrected chi connectivity index (χ2v) is 5.78. The normalized spacial score (nSPS) is 24.3. The van der Waals surface area contributed by atoms with Gasteiger partial charge in [0.1, 0.15) is 11.7 Å². The van der Waals surface area contributed by atoms with Gasteiger partial charge in [-0.25, -0.2) is 0 Å². The zero-order chi connectivity index (χ0) is 16.3. The van der Waals surface area contributed by atoms with Gasteiger partial charge >= 0.3 is 5.97 Å². The molecule has 0 saturated heterocycles. The molecular formula is C16H19NO5. The molecule has 1 aromatic rings. The number of carbonyl (C=O) groups is 2. The van der Waals surface area contributed by atoms with Crippen molar-refractivity contribution in [3.8, 4) is 0 Å². The van der Waals surface area contributed by atoms with E-state index in [0.29, 0.717) is 19.3 Å². The number of nitro benzene ring substituents is 1. The minimum atomic E-state index is -0.646. The molecule has 0 N–H and O–H groups in total. The van der Waals surface area contributed by atoms with Crippen LogP contribution in [0.4, 0.5) is 5.69 Å².